The number of carboxylic acid groups (broad SMARTS) is 1. The molecule has 0 unspecified atom stereocenters. The fourth-order valence-corrected chi connectivity index (χ4v) is 1.98. The molecule has 0 radical (unpaired) electrons. The molecule has 0 bridgehead atoms. The van der Waals surface area contributed by atoms with Crippen LogP contribution >= 0.6 is 0 Å². The molecular weight excluding hydrogens is 284 g/mol. The highest BCUT2D eigenvalue weighted by Crippen LogP contribution is 2.05. The molecule has 0 fully saturated rings. The number of urea groups is 1. The van der Waals surface area contributed by atoms with Crippen molar-refractivity contribution in [2.24, 2.45) is 0 Å². The average Bonchev–Trinajstić information content (AvgIpc) is 2.53. The Bertz CT molecular complexity index is 466. The summed E-state index contributed by atoms with van der Waals surface area (Å²) in [5, 5.41) is 20.6. The zero-order valence-corrected chi connectivity index (χ0v) is 12.9. The zero-order chi connectivity index (χ0) is 16.4. The lowest BCUT2D eigenvalue weighted by Gasteiger charge is -2.22. The summed E-state index contributed by atoms with van der Waals surface area (Å²) in [5.41, 5.74) is 1.07. The first-order valence-electron chi connectivity index (χ1n) is 7.54. The van der Waals surface area contributed by atoms with Gasteiger partial charge in [0.05, 0.1) is 5.56 Å². The monoisotopic (exact) mass is 308 g/mol. The number of aliphatic hydroxyl groups is 1. The van der Waals surface area contributed by atoms with E-state index in [0.717, 1.165) is 18.4 Å². The van der Waals surface area contributed by atoms with Gasteiger partial charge in [0, 0.05) is 26.2 Å². The molecule has 0 saturated heterocycles. The van der Waals surface area contributed by atoms with Crippen molar-refractivity contribution < 1.29 is 19.8 Å². The van der Waals surface area contributed by atoms with Crippen LogP contribution in [0.2, 0.25) is 0 Å². The van der Waals surface area contributed by atoms with Crippen LogP contribution in [-0.4, -0.2) is 46.8 Å². The number of carbonyl (C=O) groups excluding carboxylic acids is 1. The SMILES string of the molecule is CCCCN(CCCO)C(=O)NCc1ccc(C(=O)O)cc1. The van der Waals surface area contributed by atoms with Crippen molar-refractivity contribution in [3.63, 3.8) is 0 Å². The van der Waals surface area contributed by atoms with Gasteiger partial charge in [-0.3, -0.25) is 0 Å². The molecule has 2 amide bonds. The number of aliphatic hydroxyl groups excluding tert-OH is 1. The highest BCUT2D eigenvalue weighted by atomic mass is 16.4. The molecule has 3 N–H and O–H groups in total. The van der Waals surface area contributed by atoms with Crippen molar-refractivity contribution in [2.45, 2.75) is 32.7 Å². The Balaban J connectivity index is 2.51. The van der Waals surface area contributed by atoms with E-state index in [1.807, 2.05) is 0 Å². The molecule has 1 rings (SSSR count). The third-order valence-electron chi connectivity index (χ3n) is 3.30. The van der Waals surface area contributed by atoms with Crippen LogP contribution in [0.1, 0.15) is 42.1 Å². The van der Waals surface area contributed by atoms with Crippen LogP contribution in [0.4, 0.5) is 4.79 Å². The summed E-state index contributed by atoms with van der Waals surface area (Å²) in [5.74, 6) is -0.967. The first kappa shape index (κ1) is 18.0. The molecule has 0 atom stereocenters. The zero-order valence-electron chi connectivity index (χ0n) is 12.9. The summed E-state index contributed by atoms with van der Waals surface area (Å²) in [6.07, 6.45) is 2.48. The fourth-order valence-electron chi connectivity index (χ4n) is 1.98. The van der Waals surface area contributed by atoms with Crippen molar-refractivity contribution in [1.82, 2.24) is 10.2 Å². The van der Waals surface area contributed by atoms with E-state index in [0.29, 0.717) is 26.1 Å². The van der Waals surface area contributed by atoms with Gasteiger partial charge in [0.25, 0.3) is 0 Å². The first-order chi connectivity index (χ1) is 10.6. The van der Waals surface area contributed by atoms with Gasteiger partial charge in [-0.2, -0.15) is 0 Å². The first-order valence-corrected chi connectivity index (χ1v) is 7.54. The average molecular weight is 308 g/mol. The molecule has 122 valence electrons. The van der Waals surface area contributed by atoms with Crippen LogP contribution in [0.5, 0.6) is 0 Å². The summed E-state index contributed by atoms with van der Waals surface area (Å²) in [6, 6.07) is 6.25. The molecule has 1 aromatic carbocycles. The van der Waals surface area contributed by atoms with Gasteiger partial charge in [0.2, 0.25) is 0 Å². The summed E-state index contributed by atoms with van der Waals surface area (Å²) in [4.78, 5) is 24.6. The predicted molar refractivity (Wildman–Crippen MR) is 83.8 cm³/mol. The second kappa shape index (κ2) is 9.78. The lowest BCUT2D eigenvalue weighted by molar-refractivity contribution is 0.0697. The minimum atomic E-state index is -0.967. The van der Waals surface area contributed by atoms with Crippen molar-refractivity contribution in [3.05, 3.63) is 35.4 Å². The van der Waals surface area contributed by atoms with E-state index in [-0.39, 0.29) is 18.2 Å². The molecular formula is C16H24N2O4. The summed E-state index contributed by atoms with van der Waals surface area (Å²) in [7, 11) is 0. The van der Waals surface area contributed by atoms with Crippen LogP contribution in [0.15, 0.2) is 24.3 Å². The molecule has 22 heavy (non-hydrogen) atoms. The lowest BCUT2D eigenvalue weighted by atomic mass is 10.1. The maximum Gasteiger partial charge on any atom is 0.335 e. The standard InChI is InChI=1S/C16H24N2O4/c1-2-3-9-18(10-4-11-19)16(22)17-12-13-5-7-14(8-6-13)15(20)21/h5-8,19H,2-4,9-12H2,1H3,(H,17,22)(H,20,21). The van der Waals surface area contributed by atoms with Gasteiger partial charge < -0.3 is 20.4 Å². The Morgan fingerprint density at radius 2 is 1.77 bits per heavy atom. The Morgan fingerprint density at radius 1 is 1.14 bits per heavy atom. The quantitative estimate of drug-likeness (QED) is 0.651. The largest absolute Gasteiger partial charge is 0.478 e. The second-order valence-corrected chi connectivity index (χ2v) is 5.08. The van der Waals surface area contributed by atoms with E-state index >= 15 is 0 Å². The van der Waals surface area contributed by atoms with E-state index in [4.69, 9.17) is 10.2 Å². The van der Waals surface area contributed by atoms with Gasteiger partial charge in [-0.15, -0.1) is 0 Å². The maximum absolute atomic E-state index is 12.1. The highest BCUT2D eigenvalue weighted by Gasteiger charge is 2.12. The van der Waals surface area contributed by atoms with Crippen molar-refractivity contribution in [2.75, 3.05) is 19.7 Å². The summed E-state index contributed by atoms with van der Waals surface area (Å²) in [6.45, 7) is 3.67. The van der Waals surface area contributed by atoms with Crippen LogP contribution in [0.3, 0.4) is 0 Å². The van der Waals surface area contributed by atoms with Gasteiger partial charge in [-0.25, -0.2) is 9.59 Å². The van der Waals surface area contributed by atoms with Crippen LogP contribution < -0.4 is 5.32 Å². The number of carboxylic acids is 1. The molecule has 0 saturated carbocycles. The number of aromatic carboxylic acids is 1. The van der Waals surface area contributed by atoms with Gasteiger partial charge in [0.1, 0.15) is 0 Å². The number of hydrogen-bond donors (Lipinski definition) is 3. The molecule has 0 aliphatic rings. The molecule has 0 aliphatic carbocycles. The third-order valence-corrected chi connectivity index (χ3v) is 3.30. The number of benzene rings is 1. The number of nitrogens with one attached hydrogen (secondary N) is 1. The number of nitrogens with zero attached hydrogens (tertiary/aromatic N) is 1. The second-order valence-electron chi connectivity index (χ2n) is 5.08. The maximum atomic E-state index is 12.1. The van der Waals surface area contributed by atoms with E-state index in [2.05, 4.69) is 12.2 Å². The van der Waals surface area contributed by atoms with Crippen LogP contribution in [0, 0.1) is 0 Å². The number of unbranched alkanes of at least 4 members (excludes halogenated alkanes) is 1. The number of carbonyl (C=O) groups is 2. The Hall–Kier alpha value is -2.08. The molecule has 0 aromatic heterocycles. The van der Waals surface area contributed by atoms with Crippen molar-refractivity contribution >= 4 is 12.0 Å². The summed E-state index contributed by atoms with van der Waals surface area (Å²) < 4.78 is 0. The Morgan fingerprint density at radius 3 is 2.32 bits per heavy atom. The predicted octanol–water partition coefficient (Wildman–Crippen LogP) is 2.08. The lowest BCUT2D eigenvalue weighted by Crippen LogP contribution is -2.41. The molecule has 1 aromatic rings. The van der Waals surface area contributed by atoms with Crippen molar-refractivity contribution in [1.29, 1.82) is 0 Å². The summed E-state index contributed by atoms with van der Waals surface area (Å²) >= 11 is 0. The van der Waals surface area contributed by atoms with Gasteiger partial charge in [-0.1, -0.05) is 25.5 Å². The fraction of sp³-hybridized carbons (Fsp3) is 0.500. The number of rotatable bonds is 9. The van der Waals surface area contributed by atoms with Gasteiger partial charge >= 0.3 is 12.0 Å². The van der Waals surface area contributed by atoms with Crippen LogP contribution in [0.25, 0.3) is 0 Å². The third kappa shape index (κ3) is 6.13. The smallest absolute Gasteiger partial charge is 0.335 e. The molecule has 6 nitrogen and oxygen atoms in total. The molecule has 6 heteroatoms. The van der Waals surface area contributed by atoms with E-state index in [1.54, 1.807) is 17.0 Å². The van der Waals surface area contributed by atoms with Gasteiger partial charge in [0.15, 0.2) is 0 Å². The molecule has 0 aliphatic heterocycles. The normalized spacial score (nSPS) is 10.3. The van der Waals surface area contributed by atoms with Gasteiger partial charge in [-0.05, 0) is 30.5 Å². The molecule has 0 heterocycles. The highest BCUT2D eigenvalue weighted by molar-refractivity contribution is 5.87. The molecule has 0 spiro atoms. The van der Waals surface area contributed by atoms with Crippen molar-refractivity contribution in [3.8, 4) is 0 Å². The topological polar surface area (TPSA) is 89.9 Å². The number of amides is 2. The minimum Gasteiger partial charge on any atom is -0.478 e. The van der Waals surface area contributed by atoms with E-state index < -0.39 is 5.97 Å². The minimum absolute atomic E-state index is 0.0621. The van der Waals surface area contributed by atoms with E-state index in [9.17, 15) is 9.59 Å². The van der Waals surface area contributed by atoms with E-state index in [1.165, 1.54) is 12.1 Å². The Labute approximate surface area is 130 Å². The number of hydrogen-bond acceptors (Lipinski definition) is 3. The Kier molecular flexibility index (Phi) is 7.99. The van der Waals surface area contributed by atoms with Crippen LogP contribution in [-0.2, 0) is 6.54 Å².